The summed E-state index contributed by atoms with van der Waals surface area (Å²) < 4.78 is 44.4. The van der Waals surface area contributed by atoms with Crippen molar-refractivity contribution in [2.45, 2.75) is 32.9 Å². The molecule has 3 aromatic rings. The molecule has 0 aliphatic carbocycles. The van der Waals surface area contributed by atoms with Crippen LogP contribution in [0.15, 0.2) is 46.9 Å². The highest BCUT2D eigenvalue weighted by Gasteiger charge is 2.18. The fraction of sp³-hybridized carbons (Fsp3) is 0.286. The van der Waals surface area contributed by atoms with Crippen molar-refractivity contribution in [3.63, 3.8) is 0 Å². The third-order valence-corrected chi connectivity index (χ3v) is 5.35. The molecule has 2 aromatic carbocycles. The molecule has 0 saturated heterocycles. The van der Waals surface area contributed by atoms with Gasteiger partial charge in [0, 0.05) is 35.3 Å². The van der Waals surface area contributed by atoms with E-state index in [2.05, 4.69) is 15.5 Å². The molecule has 0 aliphatic rings. The number of nitrogens with one attached hydrogen (secondary N) is 2. The molecule has 0 radical (unpaired) electrons. The lowest BCUT2D eigenvalue weighted by molar-refractivity contribution is 0.116. The van der Waals surface area contributed by atoms with Crippen LogP contribution in [0.4, 0.5) is 20.2 Å². The number of nitrogens with zero attached hydrogens (tertiary/aromatic N) is 3. The minimum Gasteiger partial charge on any atom is -0.415 e. The van der Waals surface area contributed by atoms with Crippen molar-refractivity contribution in [1.29, 1.82) is 5.41 Å². The Morgan fingerprint density at radius 2 is 1.90 bits per heavy atom. The second kappa shape index (κ2) is 9.78. The molecule has 0 amide bonds. The van der Waals surface area contributed by atoms with Crippen LogP contribution in [0.2, 0.25) is 0 Å². The van der Waals surface area contributed by atoms with Crippen LogP contribution in [0, 0.1) is 5.41 Å². The smallest absolute Gasteiger partial charge is 0.314 e. The molecule has 2 N–H and O–H groups in total. The zero-order valence-corrected chi connectivity index (χ0v) is 18.1. The number of hydrogen-bond donors (Lipinski definition) is 2. The SMILES string of the molecule is CC(C)Nc1cc(N(Cc2ccc(-c3nnc(C(F)F)o3)cc2)S(C)=O)ccc1C=N. The summed E-state index contributed by atoms with van der Waals surface area (Å²) in [6.07, 6.45) is 0.0543. The van der Waals surface area contributed by atoms with E-state index in [4.69, 9.17) is 9.83 Å². The van der Waals surface area contributed by atoms with Gasteiger partial charge >= 0.3 is 6.43 Å². The van der Waals surface area contributed by atoms with Gasteiger partial charge in [-0.1, -0.05) is 12.1 Å². The zero-order chi connectivity index (χ0) is 22.5. The summed E-state index contributed by atoms with van der Waals surface area (Å²) in [5.74, 6) is -0.699. The van der Waals surface area contributed by atoms with E-state index in [1.807, 2.05) is 32.0 Å². The first-order valence-electron chi connectivity index (χ1n) is 9.51. The molecule has 1 aromatic heterocycles. The molecule has 0 fully saturated rings. The highest BCUT2D eigenvalue weighted by molar-refractivity contribution is 7.85. The van der Waals surface area contributed by atoms with Gasteiger partial charge in [-0.05, 0) is 49.7 Å². The van der Waals surface area contributed by atoms with E-state index in [9.17, 15) is 13.0 Å². The molecular weight excluding hydrogens is 424 g/mol. The highest BCUT2D eigenvalue weighted by Crippen LogP contribution is 2.27. The molecular formula is C21H23F2N5O2S. The summed E-state index contributed by atoms with van der Waals surface area (Å²) in [6.45, 7) is 4.37. The van der Waals surface area contributed by atoms with Gasteiger partial charge in [-0.15, -0.1) is 10.2 Å². The Labute approximate surface area is 181 Å². The molecule has 3 rings (SSSR count). The van der Waals surface area contributed by atoms with Crippen molar-refractivity contribution >= 4 is 28.6 Å². The van der Waals surface area contributed by atoms with Crippen LogP contribution < -0.4 is 9.62 Å². The van der Waals surface area contributed by atoms with Gasteiger partial charge in [0.05, 0.1) is 12.2 Å². The normalized spacial score (nSPS) is 12.2. The first-order valence-corrected chi connectivity index (χ1v) is 11.0. The Kier molecular flexibility index (Phi) is 7.11. The third kappa shape index (κ3) is 5.52. The largest absolute Gasteiger partial charge is 0.415 e. The van der Waals surface area contributed by atoms with Crippen LogP contribution in [0.5, 0.6) is 0 Å². The Balaban J connectivity index is 1.83. The lowest BCUT2D eigenvalue weighted by atomic mass is 10.1. The van der Waals surface area contributed by atoms with Crippen LogP contribution in [0.3, 0.4) is 0 Å². The van der Waals surface area contributed by atoms with Gasteiger partial charge in [0.1, 0.15) is 11.0 Å². The summed E-state index contributed by atoms with van der Waals surface area (Å²) in [5, 5.41) is 17.9. The second-order valence-corrected chi connectivity index (χ2v) is 8.41. The van der Waals surface area contributed by atoms with Crippen LogP contribution in [0.25, 0.3) is 11.5 Å². The summed E-state index contributed by atoms with van der Waals surface area (Å²) in [6, 6.07) is 12.7. The number of hydrogen-bond acceptors (Lipinski definition) is 6. The number of aromatic nitrogens is 2. The molecule has 1 unspecified atom stereocenters. The first-order chi connectivity index (χ1) is 14.8. The maximum absolute atomic E-state index is 12.6. The highest BCUT2D eigenvalue weighted by atomic mass is 32.2. The predicted molar refractivity (Wildman–Crippen MR) is 118 cm³/mol. The molecule has 0 bridgehead atoms. The van der Waals surface area contributed by atoms with Crippen LogP contribution >= 0.6 is 0 Å². The maximum Gasteiger partial charge on any atom is 0.314 e. The molecule has 31 heavy (non-hydrogen) atoms. The van der Waals surface area contributed by atoms with E-state index >= 15 is 0 Å². The summed E-state index contributed by atoms with van der Waals surface area (Å²) in [7, 11) is -1.30. The number of anilines is 2. The summed E-state index contributed by atoms with van der Waals surface area (Å²) in [4.78, 5) is 0. The Morgan fingerprint density at radius 1 is 1.19 bits per heavy atom. The number of halogens is 2. The quantitative estimate of drug-likeness (QED) is 0.460. The maximum atomic E-state index is 12.6. The van der Waals surface area contributed by atoms with Gasteiger partial charge in [0.15, 0.2) is 0 Å². The minimum absolute atomic E-state index is 0.0180. The van der Waals surface area contributed by atoms with E-state index in [-0.39, 0.29) is 11.9 Å². The molecule has 0 spiro atoms. The van der Waals surface area contributed by atoms with E-state index in [0.717, 1.165) is 22.5 Å². The molecule has 1 heterocycles. The first kappa shape index (κ1) is 22.5. The summed E-state index contributed by atoms with van der Waals surface area (Å²) >= 11 is 0. The van der Waals surface area contributed by atoms with Crippen LogP contribution in [-0.4, -0.2) is 32.9 Å². The zero-order valence-electron chi connectivity index (χ0n) is 17.3. The van der Waals surface area contributed by atoms with Gasteiger partial charge in [-0.25, -0.2) is 4.21 Å². The molecule has 7 nitrogen and oxygen atoms in total. The van der Waals surface area contributed by atoms with Crippen molar-refractivity contribution in [1.82, 2.24) is 10.2 Å². The molecule has 0 aliphatic heterocycles. The molecule has 10 heteroatoms. The van der Waals surface area contributed by atoms with Gasteiger partial charge < -0.3 is 15.1 Å². The molecule has 164 valence electrons. The van der Waals surface area contributed by atoms with E-state index in [1.165, 1.54) is 6.21 Å². The van der Waals surface area contributed by atoms with Crippen molar-refractivity contribution in [3.05, 3.63) is 59.5 Å². The van der Waals surface area contributed by atoms with Crippen molar-refractivity contribution < 1.29 is 17.4 Å². The van der Waals surface area contributed by atoms with E-state index in [1.54, 1.807) is 34.8 Å². The van der Waals surface area contributed by atoms with Gasteiger partial charge in [-0.3, -0.25) is 4.31 Å². The molecule has 0 saturated carbocycles. The lowest BCUT2D eigenvalue weighted by Gasteiger charge is -2.24. The van der Waals surface area contributed by atoms with Gasteiger partial charge in [-0.2, -0.15) is 8.78 Å². The van der Waals surface area contributed by atoms with Crippen molar-refractivity contribution in [2.24, 2.45) is 0 Å². The van der Waals surface area contributed by atoms with Crippen molar-refractivity contribution in [3.8, 4) is 11.5 Å². The third-order valence-electron chi connectivity index (χ3n) is 4.39. The van der Waals surface area contributed by atoms with Gasteiger partial charge in [0.25, 0.3) is 5.89 Å². The molecule has 1 atom stereocenters. The van der Waals surface area contributed by atoms with E-state index in [0.29, 0.717) is 12.1 Å². The monoisotopic (exact) mass is 447 g/mol. The fourth-order valence-electron chi connectivity index (χ4n) is 2.95. The second-order valence-electron chi connectivity index (χ2n) is 7.12. The van der Waals surface area contributed by atoms with Crippen LogP contribution in [0.1, 0.15) is 37.3 Å². The Bertz CT molecular complexity index is 1070. The Hall–Kier alpha value is -3.14. The standard InChI is InChI=1S/C21H23F2N5O2S/c1-13(2)25-18-10-17(9-8-16(18)11-24)28(31(3)29)12-14-4-6-15(7-5-14)20-26-27-21(30-20)19(22)23/h4-11,13,19,24-25H,12H2,1-3H3. The lowest BCUT2D eigenvalue weighted by Crippen LogP contribution is -2.24. The predicted octanol–water partition coefficient (Wildman–Crippen LogP) is 4.79. The Morgan fingerprint density at radius 3 is 2.45 bits per heavy atom. The fourth-order valence-corrected chi connectivity index (χ4v) is 3.69. The average Bonchev–Trinajstić information content (AvgIpc) is 3.22. The minimum atomic E-state index is -2.82. The number of alkyl halides is 2. The number of rotatable bonds is 9. The average molecular weight is 448 g/mol. The summed E-state index contributed by atoms with van der Waals surface area (Å²) in [5.41, 5.74) is 3.66. The number of benzene rings is 2. The van der Waals surface area contributed by atoms with Crippen LogP contribution in [-0.2, 0) is 17.5 Å². The van der Waals surface area contributed by atoms with E-state index < -0.39 is 23.3 Å². The topological polar surface area (TPSA) is 95.1 Å². The van der Waals surface area contributed by atoms with Crippen molar-refractivity contribution in [2.75, 3.05) is 15.9 Å². The van der Waals surface area contributed by atoms with Gasteiger partial charge in [0.2, 0.25) is 5.89 Å².